The summed E-state index contributed by atoms with van der Waals surface area (Å²) < 4.78 is 5.44. The normalized spacial score (nSPS) is 12.1. The van der Waals surface area contributed by atoms with Crippen molar-refractivity contribution in [1.29, 1.82) is 0 Å². The topological polar surface area (TPSA) is 112 Å². The number of ether oxygens (including phenoxy) is 1. The first-order valence-electron chi connectivity index (χ1n) is 12.3. The molecule has 7 nitrogen and oxygen atoms in total. The van der Waals surface area contributed by atoms with E-state index in [0.29, 0.717) is 12.0 Å². The first kappa shape index (κ1) is 25.6. The highest BCUT2D eigenvalue weighted by molar-refractivity contribution is 7.25. The lowest BCUT2D eigenvalue weighted by Gasteiger charge is -2.19. The van der Waals surface area contributed by atoms with Crippen LogP contribution < -0.4 is 21.7 Å². The number of rotatable bonds is 6. The molecule has 0 unspecified atom stereocenters. The number of carbonyl (C=O) groups excluding carboxylic acids is 2. The molecule has 0 N–H and O–H groups in total. The number of ketones is 1. The average Bonchev–Trinajstić information content (AvgIpc) is 3.28. The van der Waals surface area contributed by atoms with Crippen molar-refractivity contribution in [2.75, 3.05) is 0 Å². The molecule has 5 aromatic rings. The minimum absolute atomic E-state index is 0.000392. The Hall–Kier alpha value is -4.04. The van der Waals surface area contributed by atoms with Crippen molar-refractivity contribution < 1.29 is 14.3 Å². The number of hydrogen-bond acceptors (Lipinski definition) is 8. The van der Waals surface area contributed by atoms with Gasteiger partial charge < -0.3 is 4.74 Å². The predicted octanol–water partition coefficient (Wildman–Crippen LogP) is 4.30. The van der Waals surface area contributed by atoms with Gasteiger partial charge in [0.1, 0.15) is 11.4 Å². The van der Waals surface area contributed by atoms with E-state index in [4.69, 9.17) is 4.74 Å². The number of fused-ring (bicyclic) bond motifs is 5. The SMILES string of the molecule is CC(C)(C)OC(=O)CCC(=O)CCc1ccc2c(=O)c3sc4c(=O)c5ccccc5c(=O)c4c3c(=O)c2c1. The zero-order valence-corrected chi connectivity index (χ0v) is 22.0. The van der Waals surface area contributed by atoms with Crippen LogP contribution in [0.2, 0.25) is 0 Å². The van der Waals surface area contributed by atoms with Gasteiger partial charge in [-0.05, 0) is 44.9 Å². The standard InChI is InChI=1S/C30H24O7S/c1-30(2,3)37-21(32)13-11-16(31)10-8-15-9-12-19-20(14-15)25(34)23-22-24(33)17-6-4-5-7-18(17)26(35)28(22)38-29(23)27(19)36/h4-7,9,12,14H,8,10-11,13H2,1-3H3. The Morgan fingerprint density at radius 2 is 1.26 bits per heavy atom. The van der Waals surface area contributed by atoms with Gasteiger partial charge in [-0.25, -0.2) is 0 Å². The van der Waals surface area contributed by atoms with Gasteiger partial charge in [0.2, 0.25) is 10.9 Å². The zero-order valence-electron chi connectivity index (χ0n) is 21.1. The lowest BCUT2D eigenvalue weighted by Crippen LogP contribution is -2.24. The van der Waals surface area contributed by atoms with E-state index < -0.39 is 27.9 Å². The van der Waals surface area contributed by atoms with Crippen molar-refractivity contribution in [1.82, 2.24) is 0 Å². The summed E-state index contributed by atoms with van der Waals surface area (Å²) in [4.78, 5) is 77.5. The number of Topliss-reactive ketones (excluding diaryl/α,β-unsaturated/α-hetero) is 1. The second-order valence-electron chi connectivity index (χ2n) is 10.4. The number of hydrogen-bond donors (Lipinski definition) is 0. The minimum atomic E-state index is -0.615. The van der Waals surface area contributed by atoms with Crippen LogP contribution in [0.15, 0.2) is 61.6 Å². The Balaban J connectivity index is 1.52. The average molecular weight is 529 g/mol. The van der Waals surface area contributed by atoms with Crippen molar-refractivity contribution >= 4 is 64.8 Å². The molecular formula is C30H24O7S. The summed E-state index contributed by atoms with van der Waals surface area (Å²) in [5.74, 6) is -0.553. The molecule has 0 fully saturated rings. The summed E-state index contributed by atoms with van der Waals surface area (Å²) in [7, 11) is 0. The van der Waals surface area contributed by atoms with Crippen LogP contribution in [-0.2, 0) is 20.7 Å². The third kappa shape index (κ3) is 4.45. The quantitative estimate of drug-likeness (QED) is 0.302. The molecule has 5 rings (SSSR count). The molecule has 192 valence electrons. The van der Waals surface area contributed by atoms with E-state index in [2.05, 4.69) is 0 Å². The summed E-state index contributed by atoms with van der Waals surface area (Å²) in [6.07, 6.45) is 0.530. The second-order valence-corrected chi connectivity index (χ2v) is 11.4. The lowest BCUT2D eigenvalue weighted by molar-refractivity contribution is -0.155. The maximum atomic E-state index is 13.6. The molecule has 0 spiro atoms. The first-order valence-corrected chi connectivity index (χ1v) is 13.1. The van der Waals surface area contributed by atoms with Crippen molar-refractivity contribution in [3.8, 4) is 0 Å². The number of thiophene rings is 1. The highest BCUT2D eigenvalue weighted by atomic mass is 32.1. The highest BCUT2D eigenvalue weighted by Gasteiger charge is 2.22. The van der Waals surface area contributed by atoms with Gasteiger partial charge in [0, 0.05) is 34.4 Å². The van der Waals surface area contributed by atoms with E-state index in [9.17, 15) is 28.8 Å². The van der Waals surface area contributed by atoms with Crippen LogP contribution >= 0.6 is 11.3 Å². The first-order chi connectivity index (χ1) is 18.0. The van der Waals surface area contributed by atoms with Gasteiger partial charge >= 0.3 is 5.97 Å². The van der Waals surface area contributed by atoms with Crippen molar-refractivity contribution in [2.24, 2.45) is 0 Å². The van der Waals surface area contributed by atoms with Gasteiger partial charge in [-0.3, -0.25) is 28.8 Å². The van der Waals surface area contributed by atoms with Gasteiger partial charge in [-0.1, -0.05) is 30.3 Å². The van der Waals surface area contributed by atoms with Gasteiger partial charge in [-0.15, -0.1) is 11.3 Å². The molecule has 0 radical (unpaired) electrons. The predicted molar refractivity (Wildman–Crippen MR) is 150 cm³/mol. The van der Waals surface area contributed by atoms with E-state index in [-0.39, 0.29) is 72.2 Å². The van der Waals surface area contributed by atoms with Crippen molar-refractivity contribution in [3.63, 3.8) is 0 Å². The molecule has 0 aliphatic rings. The lowest BCUT2D eigenvalue weighted by atomic mass is 9.98. The Kier molecular flexibility index (Phi) is 6.31. The molecule has 0 amide bonds. The third-order valence-corrected chi connectivity index (χ3v) is 7.67. The molecule has 38 heavy (non-hydrogen) atoms. The Morgan fingerprint density at radius 1 is 0.711 bits per heavy atom. The summed E-state index contributed by atoms with van der Waals surface area (Å²) in [5, 5.41) is 0.829. The second kappa shape index (κ2) is 9.36. The maximum absolute atomic E-state index is 13.6. The van der Waals surface area contributed by atoms with Gasteiger partial charge in [0.05, 0.1) is 26.6 Å². The molecule has 0 aliphatic heterocycles. The van der Waals surface area contributed by atoms with Crippen molar-refractivity contribution in [2.45, 2.75) is 52.1 Å². The van der Waals surface area contributed by atoms with Gasteiger partial charge in [-0.2, -0.15) is 0 Å². The molecular weight excluding hydrogens is 504 g/mol. The van der Waals surface area contributed by atoms with E-state index in [1.165, 1.54) is 0 Å². The summed E-state index contributed by atoms with van der Waals surface area (Å²) >= 11 is 0.895. The molecule has 1 aromatic heterocycles. The largest absolute Gasteiger partial charge is 0.460 e. The Bertz CT molecular complexity index is 2000. The van der Waals surface area contributed by atoms with Crippen LogP contribution in [0, 0.1) is 0 Å². The van der Waals surface area contributed by atoms with Crippen LogP contribution in [0.3, 0.4) is 0 Å². The van der Waals surface area contributed by atoms with Crippen LogP contribution in [0.4, 0.5) is 0 Å². The number of carbonyl (C=O) groups is 2. The number of esters is 1. The van der Waals surface area contributed by atoms with Crippen LogP contribution in [-0.4, -0.2) is 17.4 Å². The van der Waals surface area contributed by atoms with Gasteiger partial charge in [0.15, 0.2) is 10.9 Å². The Morgan fingerprint density at radius 3 is 1.87 bits per heavy atom. The zero-order chi connectivity index (χ0) is 27.4. The van der Waals surface area contributed by atoms with Crippen molar-refractivity contribution in [3.05, 3.63) is 88.9 Å². The summed E-state index contributed by atoms with van der Waals surface area (Å²) in [5.41, 5.74) is -1.63. The maximum Gasteiger partial charge on any atom is 0.306 e. The summed E-state index contributed by atoms with van der Waals surface area (Å²) in [6, 6.07) is 11.2. The van der Waals surface area contributed by atoms with Gasteiger partial charge in [0.25, 0.3) is 0 Å². The Labute approximate surface area is 220 Å². The van der Waals surface area contributed by atoms with E-state index in [1.807, 2.05) is 0 Å². The minimum Gasteiger partial charge on any atom is -0.460 e. The number of aryl methyl sites for hydroxylation is 1. The monoisotopic (exact) mass is 528 g/mol. The highest BCUT2D eigenvalue weighted by Crippen LogP contribution is 2.29. The molecule has 8 heteroatoms. The molecule has 0 saturated carbocycles. The van der Waals surface area contributed by atoms with Crippen LogP contribution in [0.5, 0.6) is 0 Å². The fourth-order valence-electron chi connectivity index (χ4n) is 4.75. The van der Waals surface area contributed by atoms with Crippen LogP contribution in [0.1, 0.15) is 45.6 Å². The number of benzene rings is 4. The molecule has 0 saturated heterocycles. The smallest absolute Gasteiger partial charge is 0.306 e. The fourth-order valence-corrected chi connectivity index (χ4v) is 5.96. The fraction of sp³-hybridized carbons (Fsp3) is 0.267. The molecule has 0 aliphatic carbocycles. The van der Waals surface area contributed by atoms with E-state index in [1.54, 1.807) is 63.2 Å². The summed E-state index contributed by atoms with van der Waals surface area (Å²) in [6.45, 7) is 5.28. The molecule has 0 bridgehead atoms. The molecule has 4 aromatic carbocycles. The third-order valence-electron chi connectivity index (χ3n) is 6.48. The molecule has 0 atom stereocenters. The van der Waals surface area contributed by atoms with Crippen LogP contribution in [0.25, 0.3) is 41.7 Å². The van der Waals surface area contributed by atoms with E-state index >= 15 is 0 Å². The van der Waals surface area contributed by atoms with E-state index in [0.717, 1.165) is 11.3 Å². The molecule has 1 heterocycles.